The maximum absolute atomic E-state index is 12.0. The van der Waals surface area contributed by atoms with Gasteiger partial charge in [0.2, 0.25) is 5.91 Å². The molecular formula is C14H22N2O2S. The second kappa shape index (κ2) is 7.01. The van der Waals surface area contributed by atoms with Crippen LogP contribution in [0.2, 0.25) is 0 Å². The molecule has 0 saturated heterocycles. The second-order valence-electron chi connectivity index (χ2n) is 5.00. The molecule has 0 bridgehead atoms. The summed E-state index contributed by atoms with van der Waals surface area (Å²) in [5.41, 5.74) is 0. The van der Waals surface area contributed by atoms with Gasteiger partial charge < -0.3 is 15.1 Å². The molecule has 4 nitrogen and oxygen atoms in total. The number of nitrogens with one attached hydrogen (secondary N) is 2. The molecule has 0 aromatic carbocycles. The van der Waals surface area contributed by atoms with Gasteiger partial charge in [0.15, 0.2) is 0 Å². The van der Waals surface area contributed by atoms with E-state index in [0.717, 1.165) is 5.76 Å². The Morgan fingerprint density at radius 1 is 1.58 bits per heavy atom. The molecule has 3 atom stereocenters. The van der Waals surface area contributed by atoms with E-state index in [2.05, 4.69) is 16.9 Å². The van der Waals surface area contributed by atoms with Crippen LogP contribution in [0, 0.1) is 0 Å². The van der Waals surface area contributed by atoms with Crippen molar-refractivity contribution in [1.82, 2.24) is 10.6 Å². The molecule has 1 fully saturated rings. The number of hydrogen-bond donors (Lipinski definition) is 2. The lowest BCUT2D eigenvalue weighted by molar-refractivity contribution is -0.123. The summed E-state index contributed by atoms with van der Waals surface area (Å²) in [7, 11) is 0. The van der Waals surface area contributed by atoms with E-state index in [9.17, 15) is 4.79 Å². The number of hydrogen-bond acceptors (Lipinski definition) is 4. The lowest BCUT2D eigenvalue weighted by Crippen LogP contribution is -2.48. The molecule has 0 radical (unpaired) electrons. The highest BCUT2D eigenvalue weighted by atomic mass is 32.2. The summed E-state index contributed by atoms with van der Waals surface area (Å²) >= 11 is 1.90. The van der Waals surface area contributed by atoms with E-state index in [4.69, 9.17) is 4.42 Å². The molecule has 5 heteroatoms. The monoisotopic (exact) mass is 282 g/mol. The van der Waals surface area contributed by atoms with E-state index in [1.54, 1.807) is 6.26 Å². The predicted molar refractivity (Wildman–Crippen MR) is 78.1 cm³/mol. The van der Waals surface area contributed by atoms with Crippen molar-refractivity contribution >= 4 is 17.7 Å². The summed E-state index contributed by atoms with van der Waals surface area (Å²) in [4.78, 5) is 12.0. The van der Waals surface area contributed by atoms with Gasteiger partial charge in [-0.05, 0) is 38.2 Å². The number of furan rings is 1. The quantitative estimate of drug-likeness (QED) is 0.839. The Balaban J connectivity index is 1.75. The maximum atomic E-state index is 12.0. The van der Waals surface area contributed by atoms with E-state index in [1.807, 2.05) is 30.8 Å². The minimum absolute atomic E-state index is 0.0307. The summed E-state index contributed by atoms with van der Waals surface area (Å²) < 4.78 is 5.19. The van der Waals surface area contributed by atoms with Gasteiger partial charge in [-0.1, -0.05) is 6.42 Å². The fourth-order valence-corrected chi connectivity index (χ4v) is 3.48. The summed E-state index contributed by atoms with van der Waals surface area (Å²) in [5, 5.41) is 6.98. The van der Waals surface area contributed by atoms with Gasteiger partial charge >= 0.3 is 0 Å². The van der Waals surface area contributed by atoms with E-state index in [0.29, 0.717) is 17.8 Å². The Labute approximate surface area is 118 Å². The predicted octanol–water partition coefficient (Wildman–Crippen LogP) is 2.16. The van der Waals surface area contributed by atoms with Crippen LogP contribution in [0.15, 0.2) is 22.8 Å². The van der Waals surface area contributed by atoms with E-state index >= 15 is 0 Å². The van der Waals surface area contributed by atoms with Gasteiger partial charge in [-0.2, -0.15) is 11.8 Å². The van der Waals surface area contributed by atoms with Crippen molar-refractivity contribution in [3.05, 3.63) is 24.2 Å². The Hall–Kier alpha value is -0.940. The molecule has 1 amide bonds. The molecule has 0 spiro atoms. The number of carbonyl (C=O) groups is 1. The Morgan fingerprint density at radius 3 is 3.11 bits per heavy atom. The lowest BCUT2D eigenvalue weighted by atomic mass is 10.2. The molecule has 1 heterocycles. The fraction of sp³-hybridized carbons (Fsp3) is 0.643. The van der Waals surface area contributed by atoms with Crippen LogP contribution < -0.4 is 10.6 Å². The molecule has 1 aliphatic carbocycles. The van der Waals surface area contributed by atoms with Gasteiger partial charge in [0, 0.05) is 11.3 Å². The zero-order valence-corrected chi connectivity index (χ0v) is 12.3. The first-order chi connectivity index (χ1) is 9.20. The smallest absolute Gasteiger partial charge is 0.237 e. The molecule has 0 aliphatic heterocycles. The largest absolute Gasteiger partial charge is 0.467 e. The van der Waals surface area contributed by atoms with Crippen molar-refractivity contribution in [3.8, 4) is 0 Å². The van der Waals surface area contributed by atoms with Crippen LogP contribution in [0.1, 0.15) is 31.9 Å². The summed E-state index contributed by atoms with van der Waals surface area (Å²) in [6.45, 7) is 2.38. The number of thioether (sulfide) groups is 1. The van der Waals surface area contributed by atoms with Crippen molar-refractivity contribution in [3.63, 3.8) is 0 Å². The van der Waals surface area contributed by atoms with Crippen molar-refractivity contribution in [2.24, 2.45) is 0 Å². The van der Waals surface area contributed by atoms with Crippen LogP contribution in [0.4, 0.5) is 0 Å². The van der Waals surface area contributed by atoms with Gasteiger partial charge in [-0.3, -0.25) is 4.79 Å². The highest BCUT2D eigenvalue weighted by Gasteiger charge is 2.28. The van der Waals surface area contributed by atoms with Crippen LogP contribution in [0.3, 0.4) is 0 Å². The summed E-state index contributed by atoms with van der Waals surface area (Å²) in [5.74, 6) is 0.812. The molecule has 1 aromatic rings. The maximum Gasteiger partial charge on any atom is 0.237 e. The molecule has 19 heavy (non-hydrogen) atoms. The third kappa shape index (κ3) is 4.01. The minimum Gasteiger partial charge on any atom is -0.467 e. The van der Waals surface area contributed by atoms with Gasteiger partial charge in [0.05, 0.1) is 18.8 Å². The first-order valence-corrected chi connectivity index (χ1v) is 8.08. The normalized spacial score (nSPS) is 24.3. The van der Waals surface area contributed by atoms with E-state index in [1.165, 1.54) is 19.3 Å². The average Bonchev–Trinajstić information content (AvgIpc) is 3.06. The Morgan fingerprint density at radius 2 is 2.42 bits per heavy atom. The van der Waals surface area contributed by atoms with Gasteiger partial charge in [-0.15, -0.1) is 0 Å². The molecular weight excluding hydrogens is 260 g/mol. The molecule has 1 aromatic heterocycles. The molecule has 3 unspecified atom stereocenters. The lowest BCUT2D eigenvalue weighted by Gasteiger charge is -2.23. The topological polar surface area (TPSA) is 54.3 Å². The molecule has 106 valence electrons. The summed E-state index contributed by atoms with van der Waals surface area (Å²) in [6, 6.07) is 3.98. The Kier molecular flexibility index (Phi) is 5.34. The zero-order valence-electron chi connectivity index (χ0n) is 11.5. The van der Waals surface area contributed by atoms with Crippen molar-refractivity contribution < 1.29 is 9.21 Å². The van der Waals surface area contributed by atoms with Crippen LogP contribution in [0.5, 0.6) is 0 Å². The van der Waals surface area contributed by atoms with Gasteiger partial charge in [-0.25, -0.2) is 0 Å². The fourth-order valence-electron chi connectivity index (χ4n) is 2.54. The van der Waals surface area contributed by atoms with Crippen LogP contribution in [-0.4, -0.2) is 29.5 Å². The first-order valence-electron chi connectivity index (χ1n) is 6.79. The number of carbonyl (C=O) groups excluding carboxylic acids is 1. The Bertz CT molecular complexity index is 394. The minimum atomic E-state index is -0.160. The molecule has 1 aliphatic rings. The van der Waals surface area contributed by atoms with Crippen LogP contribution in [-0.2, 0) is 11.3 Å². The van der Waals surface area contributed by atoms with Crippen LogP contribution in [0.25, 0.3) is 0 Å². The number of rotatable bonds is 6. The van der Waals surface area contributed by atoms with Gasteiger partial charge in [0.25, 0.3) is 0 Å². The summed E-state index contributed by atoms with van der Waals surface area (Å²) in [6.07, 6.45) is 7.43. The zero-order chi connectivity index (χ0) is 13.7. The second-order valence-corrected chi connectivity index (χ2v) is 6.07. The molecule has 2 N–H and O–H groups in total. The highest BCUT2D eigenvalue weighted by molar-refractivity contribution is 7.99. The standard InChI is InChI=1S/C14H22N2O2S/c1-10(16-12-6-3-7-13(12)19-2)14(17)15-9-11-5-4-8-18-11/h4-5,8,10,12-13,16H,3,6-7,9H2,1-2H3,(H,15,17). The third-order valence-corrected chi connectivity index (χ3v) is 4.80. The van der Waals surface area contributed by atoms with Crippen molar-refractivity contribution in [1.29, 1.82) is 0 Å². The number of amides is 1. The molecule has 2 rings (SSSR count). The van der Waals surface area contributed by atoms with Crippen molar-refractivity contribution in [2.45, 2.75) is 50.1 Å². The average molecular weight is 282 g/mol. The van der Waals surface area contributed by atoms with Crippen LogP contribution >= 0.6 is 11.8 Å². The highest BCUT2D eigenvalue weighted by Crippen LogP contribution is 2.28. The van der Waals surface area contributed by atoms with E-state index in [-0.39, 0.29) is 11.9 Å². The van der Waals surface area contributed by atoms with E-state index < -0.39 is 0 Å². The SMILES string of the molecule is CSC1CCCC1NC(C)C(=O)NCc1ccco1. The van der Waals surface area contributed by atoms with Crippen molar-refractivity contribution in [2.75, 3.05) is 6.26 Å². The molecule has 1 saturated carbocycles. The third-order valence-electron chi connectivity index (χ3n) is 3.63. The van der Waals surface area contributed by atoms with Gasteiger partial charge in [0.1, 0.15) is 5.76 Å². The first kappa shape index (κ1) is 14.5.